The third-order valence-electron chi connectivity index (χ3n) is 14.2. The zero-order valence-corrected chi connectivity index (χ0v) is 37.8. The van der Waals surface area contributed by atoms with Crippen molar-refractivity contribution in [3.05, 3.63) is 160 Å². The van der Waals surface area contributed by atoms with Crippen LogP contribution in [0.4, 0.5) is 17.1 Å². The van der Waals surface area contributed by atoms with Gasteiger partial charge in [0, 0.05) is 33.6 Å². The lowest BCUT2D eigenvalue weighted by Crippen LogP contribution is -2.52. The summed E-state index contributed by atoms with van der Waals surface area (Å²) in [5.74, 6) is 0.150. The van der Waals surface area contributed by atoms with Crippen molar-refractivity contribution in [2.24, 2.45) is 5.92 Å². The molecule has 0 bridgehead atoms. The molecule has 6 aromatic rings. The number of aliphatic hydroxyl groups is 1. The first kappa shape index (κ1) is 40.5. The van der Waals surface area contributed by atoms with E-state index in [1.54, 1.807) is 12.0 Å². The monoisotopic (exact) mass is 905 g/mol. The molecule has 3 amide bonds. The van der Waals surface area contributed by atoms with Gasteiger partial charge in [0.15, 0.2) is 5.60 Å². The molecule has 9 nitrogen and oxygen atoms in total. The molecule has 0 aromatic heterocycles. The Labute approximate surface area is 371 Å². The highest BCUT2D eigenvalue weighted by atomic mass is 79.9. The van der Waals surface area contributed by atoms with Crippen LogP contribution >= 0.6 is 15.9 Å². The number of aliphatic hydroxyl groups excluding tert-OH is 1. The summed E-state index contributed by atoms with van der Waals surface area (Å²) in [4.78, 5) is 49.3. The minimum Gasteiger partial charge on any atom is -0.497 e. The number of benzene rings is 6. The average molecular weight is 907 g/mol. The van der Waals surface area contributed by atoms with Crippen LogP contribution in [-0.2, 0) is 39.4 Å². The van der Waals surface area contributed by atoms with Gasteiger partial charge in [0.25, 0.3) is 11.8 Å². The second-order valence-corrected chi connectivity index (χ2v) is 23.3. The van der Waals surface area contributed by atoms with Crippen LogP contribution < -0.4 is 19.7 Å². The van der Waals surface area contributed by atoms with Crippen LogP contribution in [0.5, 0.6) is 5.75 Å². The van der Waals surface area contributed by atoms with E-state index < -0.39 is 19.8 Å². The van der Waals surface area contributed by atoms with Crippen LogP contribution in [0, 0.1) is 5.92 Å². The molecule has 1 spiro atoms. The second kappa shape index (κ2) is 15.3. The number of rotatable bonds is 9. The first-order valence-electron chi connectivity index (χ1n) is 21.3. The molecule has 62 heavy (non-hydrogen) atoms. The highest BCUT2D eigenvalue weighted by Crippen LogP contribution is 2.60. The highest BCUT2D eigenvalue weighted by Gasteiger charge is 2.66. The predicted molar refractivity (Wildman–Crippen MR) is 248 cm³/mol. The summed E-state index contributed by atoms with van der Waals surface area (Å²) < 4.78 is 13.7. The number of anilines is 3. The van der Waals surface area contributed by atoms with Crippen LogP contribution in [0.1, 0.15) is 46.0 Å². The lowest BCUT2D eigenvalue weighted by atomic mass is 9.82. The quantitative estimate of drug-likeness (QED) is 0.146. The molecule has 314 valence electrons. The Morgan fingerprint density at radius 3 is 2.34 bits per heavy atom. The van der Waals surface area contributed by atoms with E-state index in [0.717, 1.165) is 60.3 Å². The van der Waals surface area contributed by atoms with Gasteiger partial charge in [0.1, 0.15) is 5.75 Å². The fourth-order valence-electron chi connectivity index (χ4n) is 11.1. The van der Waals surface area contributed by atoms with Crippen molar-refractivity contribution >= 4 is 74.7 Å². The fourth-order valence-corrected chi connectivity index (χ4v) is 15.5. The number of amides is 3. The Hall–Kier alpha value is -5.59. The van der Waals surface area contributed by atoms with Gasteiger partial charge in [0.2, 0.25) is 5.91 Å². The molecule has 4 aliphatic rings. The second-order valence-electron chi connectivity index (χ2n) is 17.7. The maximum Gasteiger partial charge on any atom is 0.264 e. The summed E-state index contributed by atoms with van der Waals surface area (Å²) in [7, 11) is -0.886. The summed E-state index contributed by atoms with van der Waals surface area (Å²) >= 11 is 3.72. The van der Waals surface area contributed by atoms with Crippen LogP contribution in [0.25, 0.3) is 10.8 Å². The van der Waals surface area contributed by atoms with E-state index in [0.29, 0.717) is 18.5 Å². The summed E-state index contributed by atoms with van der Waals surface area (Å²) in [6.45, 7) is 7.31. The molecule has 1 N–H and O–H groups in total. The molecule has 0 radical (unpaired) electrons. The van der Waals surface area contributed by atoms with Crippen molar-refractivity contribution < 1.29 is 29.0 Å². The number of carbonyl (C=O) groups is 3. The summed E-state index contributed by atoms with van der Waals surface area (Å²) in [5.41, 5.74) is 5.48. The molecule has 1 fully saturated rings. The molecule has 0 unspecified atom stereocenters. The van der Waals surface area contributed by atoms with Gasteiger partial charge in [-0.15, -0.1) is 0 Å². The zero-order chi connectivity index (χ0) is 43.1. The first-order chi connectivity index (χ1) is 29.9. The smallest absolute Gasteiger partial charge is 0.264 e. The van der Waals surface area contributed by atoms with Crippen molar-refractivity contribution in [2.75, 3.05) is 23.5 Å². The summed E-state index contributed by atoms with van der Waals surface area (Å²) in [6.07, 6.45) is 0.0695. The molecule has 6 aromatic carbocycles. The van der Waals surface area contributed by atoms with E-state index in [1.807, 2.05) is 119 Å². The molecule has 1 saturated heterocycles. The lowest BCUT2D eigenvalue weighted by molar-refractivity contribution is -0.151. The third-order valence-corrected chi connectivity index (χ3v) is 19.0. The first-order valence-corrected chi connectivity index (χ1v) is 25.2. The molecule has 0 aliphatic carbocycles. The predicted octanol–water partition coefficient (Wildman–Crippen LogP) is 9.00. The Morgan fingerprint density at radius 1 is 0.887 bits per heavy atom. The molecule has 0 saturated carbocycles. The van der Waals surface area contributed by atoms with Gasteiger partial charge >= 0.3 is 0 Å². The van der Waals surface area contributed by atoms with Gasteiger partial charge in [-0.05, 0) is 88.6 Å². The van der Waals surface area contributed by atoms with E-state index in [9.17, 15) is 14.7 Å². The van der Waals surface area contributed by atoms with Crippen LogP contribution in [0.15, 0.2) is 132 Å². The number of carbonyl (C=O) groups excluding carboxylic acids is 3. The molecule has 11 heteroatoms. The Morgan fingerprint density at radius 2 is 1.61 bits per heavy atom. The average Bonchev–Trinajstić information content (AvgIpc) is 3.84. The van der Waals surface area contributed by atoms with Crippen molar-refractivity contribution in [1.82, 2.24) is 4.90 Å². The normalized spacial score (nSPS) is 22.8. The number of ether oxygens (including phenoxy) is 2. The maximum absolute atomic E-state index is 15.5. The minimum atomic E-state index is -2.54. The van der Waals surface area contributed by atoms with E-state index in [-0.39, 0.29) is 54.8 Å². The van der Waals surface area contributed by atoms with E-state index >= 15 is 4.79 Å². The maximum atomic E-state index is 15.5. The van der Waals surface area contributed by atoms with Gasteiger partial charge in [-0.2, -0.15) is 0 Å². The highest BCUT2D eigenvalue weighted by molar-refractivity contribution is 9.10. The van der Waals surface area contributed by atoms with Crippen molar-refractivity contribution in [3.63, 3.8) is 0 Å². The van der Waals surface area contributed by atoms with Crippen molar-refractivity contribution in [1.29, 1.82) is 0 Å². The van der Waals surface area contributed by atoms with Gasteiger partial charge in [-0.3, -0.25) is 19.3 Å². The molecule has 4 heterocycles. The Kier molecular flexibility index (Phi) is 10.0. The van der Waals surface area contributed by atoms with E-state index in [1.165, 1.54) is 5.19 Å². The van der Waals surface area contributed by atoms with Gasteiger partial charge in [-0.25, -0.2) is 0 Å². The molecule has 10 rings (SSSR count). The van der Waals surface area contributed by atoms with Gasteiger partial charge < -0.3 is 24.4 Å². The number of hydrogen-bond donors (Lipinski definition) is 1. The zero-order valence-electron chi connectivity index (χ0n) is 35.2. The number of methoxy groups -OCH3 is 1. The molecule has 4 aliphatic heterocycles. The molecule has 5 atom stereocenters. The van der Waals surface area contributed by atoms with Gasteiger partial charge in [0.05, 0.1) is 63.8 Å². The number of fused-ring (bicyclic) bond motifs is 3. The largest absolute Gasteiger partial charge is 0.497 e. The minimum absolute atomic E-state index is 0.0613. The molecular formula is C51H48BrN3O6Si. The van der Waals surface area contributed by atoms with Gasteiger partial charge in [-0.1, -0.05) is 114 Å². The summed E-state index contributed by atoms with van der Waals surface area (Å²) in [6, 6.07) is 41.6. The lowest BCUT2D eigenvalue weighted by Gasteiger charge is -2.39. The topological polar surface area (TPSA) is 99.6 Å². The summed E-state index contributed by atoms with van der Waals surface area (Å²) in [5, 5.41) is 13.7. The van der Waals surface area contributed by atoms with E-state index in [2.05, 4.69) is 54.1 Å². The number of halogens is 1. The Balaban J connectivity index is 0.997. The third kappa shape index (κ3) is 6.26. The van der Waals surface area contributed by atoms with E-state index in [4.69, 9.17) is 9.47 Å². The standard InChI is InChI=1S/C51H48BrN3O6Si/c1-31-48(62(3,4)40-22-20-39(60-2)21-23-40)45(27-46(57)53-29-35-10-6-5-9-34(35)25-38(53)30-56)61-51(31)42-26-36(52)17-24-43(42)54(50(51)59)28-32-15-18-37(19-16-32)55-44-14-8-12-33-11-7-13-41(47(33)44)49(55)58/h5-24,26,31,38,45,48,56H,25,27-30H2,1-4H3/t31-,38-,45+,48-,51+/m0/s1. The van der Waals surface area contributed by atoms with Crippen LogP contribution in [-0.4, -0.2) is 61.7 Å². The Bertz CT molecular complexity index is 2770. The molecular weight excluding hydrogens is 859 g/mol. The van der Waals surface area contributed by atoms with Crippen LogP contribution in [0.2, 0.25) is 18.6 Å². The number of nitrogens with zero attached hydrogens (tertiary/aromatic N) is 3. The van der Waals surface area contributed by atoms with Crippen LogP contribution in [0.3, 0.4) is 0 Å². The fraction of sp³-hybridized carbons (Fsp3) is 0.275. The SMILES string of the molecule is COc1ccc([Si](C)(C)[C@@H]2[C@@H](CC(=O)N3Cc4ccccc4C[C@H]3CO)O[C@]3(C(=O)N(Cc4ccc(N5C(=O)c6cccc7cccc5c67)cc4)c4ccc(Br)cc43)[C@H]2C)cc1. The van der Waals surface area contributed by atoms with Crippen molar-refractivity contribution in [2.45, 2.75) is 69.2 Å². The number of hydrogen-bond acceptors (Lipinski definition) is 6. The van der Waals surface area contributed by atoms with Crippen molar-refractivity contribution in [3.8, 4) is 5.75 Å².